The maximum absolute atomic E-state index is 11.9. The zero-order chi connectivity index (χ0) is 11.5. The molecule has 0 fully saturated rings. The maximum Gasteiger partial charge on any atom is 0.153 e. The van der Waals surface area contributed by atoms with Gasteiger partial charge in [-0.25, -0.2) is 0 Å². The number of hydrogen-bond donors (Lipinski definition) is 1. The predicted octanol–water partition coefficient (Wildman–Crippen LogP) is 2.24. The standard InChI is InChI=1S/C11H23NOS/c1-8(2)10(13)9(7-14)12(6)11(3,4)5/h8-9,14H,7H2,1-6H3. The van der Waals surface area contributed by atoms with Crippen molar-refractivity contribution < 1.29 is 4.79 Å². The Labute approximate surface area is 93.5 Å². The van der Waals surface area contributed by atoms with E-state index in [0.717, 1.165) is 0 Å². The highest BCUT2D eigenvalue weighted by molar-refractivity contribution is 7.80. The molecule has 0 heterocycles. The van der Waals surface area contributed by atoms with Gasteiger partial charge in [0, 0.05) is 17.2 Å². The van der Waals surface area contributed by atoms with Crippen LogP contribution in [-0.2, 0) is 4.79 Å². The number of carbonyl (C=O) groups excluding carboxylic acids is 1. The summed E-state index contributed by atoms with van der Waals surface area (Å²) in [4.78, 5) is 14.0. The van der Waals surface area contributed by atoms with E-state index in [1.165, 1.54) is 0 Å². The van der Waals surface area contributed by atoms with Gasteiger partial charge in [-0.2, -0.15) is 12.6 Å². The maximum atomic E-state index is 11.9. The van der Waals surface area contributed by atoms with Crippen LogP contribution in [0.15, 0.2) is 0 Å². The van der Waals surface area contributed by atoms with Crippen molar-refractivity contribution in [1.29, 1.82) is 0 Å². The monoisotopic (exact) mass is 217 g/mol. The fourth-order valence-corrected chi connectivity index (χ4v) is 1.68. The highest BCUT2D eigenvalue weighted by atomic mass is 32.1. The molecule has 84 valence electrons. The third kappa shape index (κ3) is 3.62. The van der Waals surface area contributed by atoms with E-state index in [2.05, 4.69) is 38.3 Å². The minimum Gasteiger partial charge on any atom is -0.298 e. The summed E-state index contributed by atoms with van der Waals surface area (Å²) in [6.07, 6.45) is 0. The topological polar surface area (TPSA) is 20.3 Å². The van der Waals surface area contributed by atoms with Gasteiger partial charge in [-0.1, -0.05) is 13.8 Å². The smallest absolute Gasteiger partial charge is 0.153 e. The second-order valence-electron chi connectivity index (χ2n) is 5.04. The van der Waals surface area contributed by atoms with Crippen molar-refractivity contribution in [1.82, 2.24) is 4.90 Å². The van der Waals surface area contributed by atoms with Crippen molar-refractivity contribution in [2.24, 2.45) is 5.92 Å². The lowest BCUT2D eigenvalue weighted by Gasteiger charge is -2.37. The van der Waals surface area contributed by atoms with Crippen LogP contribution in [0.25, 0.3) is 0 Å². The molecular weight excluding hydrogens is 194 g/mol. The molecule has 0 rings (SSSR count). The summed E-state index contributed by atoms with van der Waals surface area (Å²) in [6, 6.07) is -0.0710. The summed E-state index contributed by atoms with van der Waals surface area (Å²) in [5.41, 5.74) is 0.0119. The predicted molar refractivity (Wildman–Crippen MR) is 65.0 cm³/mol. The van der Waals surface area contributed by atoms with Crippen molar-refractivity contribution >= 4 is 18.4 Å². The molecule has 0 radical (unpaired) electrons. The fourth-order valence-electron chi connectivity index (χ4n) is 1.26. The Bertz CT molecular complexity index is 196. The molecule has 0 saturated heterocycles. The first-order valence-electron chi connectivity index (χ1n) is 5.09. The van der Waals surface area contributed by atoms with Crippen LogP contribution in [0, 0.1) is 5.92 Å². The van der Waals surface area contributed by atoms with Crippen LogP contribution in [0.1, 0.15) is 34.6 Å². The van der Waals surface area contributed by atoms with E-state index in [1.54, 1.807) is 0 Å². The van der Waals surface area contributed by atoms with Crippen molar-refractivity contribution in [3.63, 3.8) is 0 Å². The molecule has 0 aliphatic rings. The molecule has 2 nitrogen and oxygen atoms in total. The average molecular weight is 217 g/mol. The van der Waals surface area contributed by atoms with E-state index >= 15 is 0 Å². The van der Waals surface area contributed by atoms with Crippen molar-refractivity contribution in [2.45, 2.75) is 46.2 Å². The molecular formula is C11H23NOS. The van der Waals surface area contributed by atoms with E-state index in [0.29, 0.717) is 5.75 Å². The number of rotatable bonds is 4. The van der Waals surface area contributed by atoms with Crippen molar-refractivity contribution in [2.75, 3.05) is 12.8 Å². The number of Topliss-reactive ketones (excluding diaryl/α,β-unsaturated/α-hetero) is 1. The van der Waals surface area contributed by atoms with Crippen LogP contribution in [-0.4, -0.2) is 35.1 Å². The zero-order valence-corrected chi connectivity index (χ0v) is 11.1. The molecule has 0 aliphatic carbocycles. The first-order valence-corrected chi connectivity index (χ1v) is 5.72. The van der Waals surface area contributed by atoms with Gasteiger partial charge in [-0.15, -0.1) is 0 Å². The molecule has 1 atom stereocenters. The first-order chi connectivity index (χ1) is 6.21. The van der Waals surface area contributed by atoms with Gasteiger partial charge in [0.15, 0.2) is 5.78 Å². The lowest BCUT2D eigenvalue weighted by Crippen LogP contribution is -2.51. The molecule has 14 heavy (non-hydrogen) atoms. The third-order valence-corrected chi connectivity index (χ3v) is 2.94. The normalized spacial score (nSPS) is 14.9. The molecule has 0 aromatic carbocycles. The summed E-state index contributed by atoms with van der Waals surface area (Å²) in [6.45, 7) is 10.2. The Balaban J connectivity index is 4.65. The van der Waals surface area contributed by atoms with E-state index < -0.39 is 0 Å². The van der Waals surface area contributed by atoms with Gasteiger partial charge in [0.05, 0.1) is 6.04 Å². The Morgan fingerprint density at radius 3 is 2.00 bits per heavy atom. The summed E-state index contributed by atoms with van der Waals surface area (Å²) < 4.78 is 0. The van der Waals surface area contributed by atoms with E-state index in [9.17, 15) is 4.79 Å². The molecule has 1 unspecified atom stereocenters. The molecule has 0 bridgehead atoms. The Kier molecular flexibility index (Phi) is 5.16. The van der Waals surface area contributed by atoms with Gasteiger partial charge in [0.2, 0.25) is 0 Å². The molecule has 0 spiro atoms. The average Bonchev–Trinajstić information content (AvgIpc) is 2.03. The minimum atomic E-state index is -0.0710. The van der Waals surface area contributed by atoms with E-state index in [4.69, 9.17) is 0 Å². The molecule has 0 N–H and O–H groups in total. The van der Waals surface area contributed by atoms with Crippen LogP contribution >= 0.6 is 12.6 Å². The molecule has 0 amide bonds. The van der Waals surface area contributed by atoms with Crippen LogP contribution in [0.5, 0.6) is 0 Å². The molecule has 0 aromatic rings. The second kappa shape index (κ2) is 5.17. The Morgan fingerprint density at radius 2 is 1.79 bits per heavy atom. The third-order valence-electron chi connectivity index (χ3n) is 2.60. The van der Waals surface area contributed by atoms with Gasteiger partial charge < -0.3 is 0 Å². The number of nitrogens with zero attached hydrogens (tertiary/aromatic N) is 1. The number of ketones is 1. The van der Waals surface area contributed by atoms with Crippen LogP contribution in [0.3, 0.4) is 0 Å². The summed E-state index contributed by atoms with van der Waals surface area (Å²) in [5, 5.41) is 0. The highest BCUT2D eigenvalue weighted by Crippen LogP contribution is 2.18. The van der Waals surface area contributed by atoms with Gasteiger partial charge in [0.1, 0.15) is 0 Å². The number of hydrogen-bond acceptors (Lipinski definition) is 3. The Hall–Kier alpha value is -0.0200. The van der Waals surface area contributed by atoms with E-state index in [-0.39, 0.29) is 23.3 Å². The minimum absolute atomic E-state index is 0.0119. The molecule has 0 aliphatic heterocycles. The van der Waals surface area contributed by atoms with Gasteiger partial charge in [-0.05, 0) is 27.8 Å². The van der Waals surface area contributed by atoms with Crippen LogP contribution < -0.4 is 0 Å². The van der Waals surface area contributed by atoms with Crippen LogP contribution in [0.4, 0.5) is 0 Å². The number of likely N-dealkylation sites (N-methyl/N-ethyl adjacent to an activating group) is 1. The van der Waals surface area contributed by atoms with Gasteiger partial charge in [-0.3, -0.25) is 9.69 Å². The van der Waals surface area contributed by atoms with Crippen LogP contribution in [0.2, 0.25) is 0 Å². The molecule has 3 heteroatoms. The van der Waals surface area contributed by atoms with E-state index in [1.807, 2.05) is 20.9 Å². The molecule has 0 saturated carbocycles. The first kappa shape index (κ1) is 14.0. The summed E-state index contributed by atoms with van der Waals surface area (Å²) >= 11 is 4.26. The summed E-state index contributed by atoms with van der Waals surface area (Å²) in [5.74, 6) is 0.944. The highest BCUT2D eigenvalue weighted by Gasteiger charge is 2.30. The second-order valence-corrected chi connectivity index (χ2v) is 5.40. The zero-order valence-electron chi connectivity index (χ0n) is 10.2. The Morgan fingerprint density at radius 1 is 1.36 bits per heavy atom. The largest absolute Gasteiger partial charge is 0.298 e. The fraction of sp³-hybridized carbons (Fsp3) is 0.909. The van der Waals surface area contributed by atoms with Gasteiger partial charge in [0.25, 0.3) is 0 Å². The quantitative estimate of drug-likeness (QED) is 0.729. The van der Waals surface area contributed by atoms with Gasteiger partial charge >= 0.3 is 0 Å². The van der Waals surface area contributed by atoms with Crippen molar-refractivity contribution in [3.05, 3.63) is 0 Å². The number of thiol groups is 1. The summed E-state index contributed by atoms with van der Waals surface area (Å²) in [7, 11) is 1.99. The van der Waals surface area contributed by atoms with Crippen molar-refractivity contribution in [3.8, 4) is 0 Å². The molecule has 0 aromatic heterocycles. The lowest BCUT2D eigenvalue weighted by atomic mass is 9.97. The number of carbonyl (C=O) groups is 1. The lowest BCUT2D eigenvalue weighted by molar-refractivity contribution is -0.127. The SMILES string of the molecule is CC(C)C(=O)C(CS)N(C)C(C)(C)C.